The van der Waals surface area contributed by atoms with Gasteiger partial charge in [-0.25, -0.2) is 0 Å². The Hall–Kier alpha value is -1.13. The van der Waals surface area contributed by atoms with E-state index in [0.29, 0.717) is 5.56 Å². The highest BCUT2D eigenvalue weighted by Gasteiger charge is 2.11. The zero-order valence-corrected chi connectivity index (χ0v) is 13.8. The molecular formula is C15H13Br2NO. The van der Waals surface area contributed by atoms with Crippen LogP contribution in [0.4, 0.5) is 5.69 Å². The number of amides is 1. The monoisotopic (exact) mass is 381 g/mol. The van der Waals surface area contributed by atoms with E-state index < -0.39 is 0 Å². The summed E-state index contributed by atoms with van der Waals surface area (Å²) in [6.07, 6.45) is 0. The molecule has 1 N–H and O–H groups in total. The van der Waals surface area contributed by atoms with Crippen LogP contribution in [0.1, 0.15) is 21.5 Å². The summed E-state index contributed by atoms with van der Waals surface area (Å²) < 4.78 is 1.78. The third-order valence-corrected chi connectivity index (χ3v) is 4.25. The molecule has 0 aliphatic heterocycles. The van der Waals surface area contributed by atoms with E-state index >= 15 is 0 Å². The molecule has 0 atom stereocenters. The van der Waals surface area contributed by atoms with Crippen LogP contribution in [-0.2, 0) is 0 Å². The second-order valence-corrected chi connectivity index (χ2v) is 6.12. The topological polar surface area (TPSA) is 29.1 Å². The van der Waals surface area contributed by atoms with Crippen LogP contribution < -0.4 is 5.32 Å². The summed E-state index contributed by atoms with van der Waals surface area (Å²) in [5.41, 5.74) is 3.55. The van der Waals surface area contributed by atoms with Gasteiger partial charge in [-0.05, 0) is 65.2 Å². The molecule has 2 rings (SSSR count). The van der Waals surface area contributed by atoms with Gasteiger partial charge in [0.05, 0.1) is 5.56 Å². The minimum absolute atomic E-state index is 0.118. The fourth-order valence-corrected chi connectivity index (χ4v) is 2.88. The van der Waals surface area contributed by atoms with E-state index in [1.165, 1.54) is 0 Å². The molecule has 2 aromatic rings. The summed E-state index contributed by atoms with van der Waals surface area (Å²) >= 11 is 6.88. The van der Waals surface area contributed by atoms with E-state index in [2.05, 4.69) is 37.2 Å². The number of hydrogen-bond acceptors (Lipinski definition) is 1. The number of anilines is 1. The standard InChI is InChI=1S/C15H13Br2NO/c1-9-6-11(16)8-12(7-9)18-15(19)13-5-3-4-10(2)14(13)17/h3-8H,1-2H3,(H,18,19). The van der Waals surface area contributed by atoms with Crippen molar-refractivity contribution in [1.29, 1.82) is 0 Å². The van der Waals surface area contributed by atoms with Crippen LogP contribution in [-0.4, -0.2) is 5.91 Å². The van der Waals surface area contributed by atoms with Crippen LogP contribution in [0.2, 0.25) is 0 Å². The molecule has 0 unspecified atom stereocenters. The number of halogens is 2. The Morgan fingerprint density at radius 3 is 2.53 bits per heavy atom. The van der Waals surface area contributed by atoms with Gasteiger partial charge in [0.15, 0.2) is 0 Å². The molecule has 0 aliphatic carbocycles. The lowest BCUT2D eigenvalue weighted by Gasteiger charge is -2.09. The van der Waals surface area contributed by atoms with Crippen molar-refractivity contribution in [2.45, 2.75) is 13.8 Å². The van der Waals surface area contributed by atoms with E-state index in [1.54, 1.807) is 6.07 Å². The van der Waals surface area contributed by atoms with E-state index in [-0.39, 0.29) is 5.91 Å². The van der Waals surface area contributed by atoms with Gasteiger partial charge in [0.2, 0.25) is 0 Å². The molecule has 0 bridgehead atoms. The van der Waals surface area contributed by atoms with Crippen LogP contribution >= 0.6 is 31.9 Å². The highest BCUT2D eigenvalue weighted by molar-refractivity contribution is 9.10. The molecule has 0 saturated heterocycles. The molecule has 1 amide bonds. The molecule has 0 heterocycles. The quantitative estimate of drug-likeness (QED) is 0.770. The fraction of sp³-hybridized carbons (Fsp3) is 0.133. The maximum Gasteiger partial charge on any atom is 0.256 e. The molecule has 2 aromatic carbocycles. The molecule has 2 nitrogen and oxygen atoms in total. The minimum Gasteiger partial charge on any atom is -0.322 e. The molecule has 4 heteroatoms. The van der Waals surface area contributed by atoms with Crippen LogP contribution in [0, 0.1) is 13.8 Å². The Morgan fingerprint density at radius 1 is 1.11 bits per heavy atom. The minimum atomic E-state index is -0.118. The Labute approximate surface area is 129 Å². The molecule has 0 spiro atoms. The van der Waals surface area contributed by atoms with E-state index in [1.807, 2.05) is 44.2 Å². The highest BCUT2D eigenvalue weighted by atomic mass is 79.9. The van der Waals surface area contributed by atoms with E-state index in [0.717, 1.165) is 25.8 Å². The Balaban J connectivity index is 2.28. The van der Waals surface area contributed by atoms with Crippen molar-refractivity contribution in [3.8, 4) is 0 Å². The first-order valence-corrected chi connectivity index (χ1v) is 7.39. The highest BCUT2D eigenvalue weighted by Crippen LogP contribution is 2.24. The van der Waals surface area contributed by atoms with Gasteiger partial charge in [-0.2, -0.15) is 0 Å². The Morgan fingerprint density at radius 2 is 1.84 bits per heavy atom. The lowest BCUT2D eigenvalue weighted by molar-refractivity contribution is 0.102. The number of rotatable bonds is 2. The first-order valence-electron chi connectivity index (χ1n) is 5.81. The summed E-state index contributed by atoms with van der Waals surface area (Å²) in [4.78, 5) is 12.3. The summed E-state index contributed by atoms with van der Waals surface area (Å²) in [7, 11) is 0. The summed E-state index contributed by atoms with van der Waals surface area (Å²) in [6.45, 7) is 3.95. The number of carbonyl (C=O) groups is 1. The van der Waals surface area contributed by atoms with Crippen molar-refractivity contribution >= 4 is 43.5 Å². The van der Waals surface area contributed by atoms with Crippen molar-refractivity contribution in [2.75, 3.05) is 5.32 Å². The lowest BCUT2D eigenvalue weighted by atomic mass is 10.1. The zero-order chi connectivity index (χ0) is 14.0. The molecule has 0 aromatic heterocycles. The molecule has 0 radical (unpaired) electrons. The van der Waals surface area contributed by atoms with Crippen LogP contribution in [0.15, 0.2) is 45.3 Å². The number of carbonyl (C=O) groups excluding carboxylic acids is 1. The maximum atomic E-state index is 12.3. The van der Waals surface area contributed by atoms with Crippen molar-refractivity contribution in [3.05, 3.63) is 62.0 Å². The van der Waals surface area contributed by atoms with Gasteiger partial charge in [-0.15, -0.1) is 0 Å². The largest absolute Gasteiger partial charge is 0.322 e. The second kappa shape index (κ2) is 5.88. The Bertz CT molecular complexity index is 618. The fourth-order valence-electron chi connectivity index (χ4n) is 1.83. The average Bonchev–Trinajstić information content (AvgIpc) is 2.31. The molecule has 0 aliphatic rings. The lowest BCUT2D eigenvalue weighted by Crippen LogP contribution is -2.13. The van der Waals surface area contributed by atoms with Crippen molar-refractivity contribution in [1.82, 2.24) is 0 Å². The smallest absolute Gasteiger partial charge is 0.256 e. The van der Waals surface area contributed by atoms with Gasteiger partial charge >= 0.3 is 0 Å². The zero-order valence-electron chi connectivity index (χ0n) is 10.6. The van der Waals surface area contributed by atoms with Gasteiger partial charge in [0.1, 0.15) is 0 Å². The maximum absolute atomic E-state index is 12.3. The van der Waals surface area contributed by atoms with Crippen LogP contribution in [0.3, 0.4) is 0 Å². The SMILES string of the molecule is Cc1cc(Br)cc(NC(=O)c2cccc(C)c2Br)c1. The molecule has 19 heavy (non-hydrogen) atoms. The predicted octanol–water partition coefficient (Wildman–Crippen LogP) is 5.08. The normalized spacial score (nSPS) is 10.3. The predicted molar refractivity (Wildman–Crippen MR) is 85.7 cm³/mol. The van der Waals surface area contributed by atoms with Gasteiger partial charge < -0.3 is 5.32 Å². The van der Waals surface area contributed by atoms with Gasteiger partial charge in [0, 0.05) is 14.6 Å². The first kappa shape index (κ1) is 14.3. The average molecular weight is 383 g/mol. The molecular weight excluding hydrogens is 370 g/mol. The number of hydrogen-bond donors (Lipinski definition) is 1. The number of nitrogens with one attached hydrogen (secondary N) is 1. The van der Waals surface area contributed by atoms with Crippen LogP contribution in [0.5, 0.6) is 0 Å². The number of benzene rings is 2. The van der Waals surface area contributed by atoms with Gasteiger partial charge in [-0.1, -0.05) is 28.1 Å². The summed E-state index contributed by atoms with van der Waals surface area (Å²) in [5, 5.41) is 2.91. The molecule has 0 saturated carbocycles. The van der Waals surface area contributed by atoms with Crippen molar-refractivity contribution < 1.29 is 4.79 Å². The first-order chi connectivity index (χ1) is 8.97. The van der Waals surface area contributed by atoms with Crippen molar-refractivity contribution in [2.24, 2.45) is 0 Å². The van der Waals surface area contributed by atoms with E-state index in [4.69, 9.17) is 0 Å². The van der Waals surface area contributed by atoms with Crippen LogP contribution in [0.25, 0.3) is 0 Å². The van der Waals surface area contributed by atoms with Gasteiger partial charge in [0.25, 0.3) is 5.91 Å². The molecule has 0 fully saturated rings. The summed E-state index contributed by atoms with van der Waals surface area (Å²) in [5.74, 6) is -0.118. The summed E-state index contributed by atoms with van der Waals surface area (Å²) in [6, 6.07) is 11.5. The Kier molecular flexibility index (Phi) is 4.42. The third kappa shape index (κ3) is 3.45. The third-order valence-electron chi connectivity index (χ3n) is 2.74. The van der Waals surface area contributed by atoms with Crippen molar-refractivity contribution in [3.63, 3.8) is 0 Å². The van der Waals surface area contributed by atoms with Gasteiger partial charge in [-0.3, -0.25) is 4.79 Å². The second-order valence-electron chi connectivity index (χ2n) is 4.41. The number of aryl methyl sites for hydroxylation is 2. The molecule has 98 valence electrons. The van der Waals surface area contributed by atoms with E-state index in [9.17, 15) is 4.79 Å².